The molecule has 19 heavy (non-hydrogen) atoms. The van der Waals surface area contributed by atoms with Gasteiger partial charge in [-0.05, 0) is 42.7 Å². The Hall–Kier alpha value is -1.32. The first-order chi connectivity index (χ1) is 9.08. The fourth-order valence-corrected chi connectivity index (χ4v) is 3.07. The van der Waals surface area contributed by atoms with Crippen molar-refractivity contribution in [2.24, 2.45) is 5.73 Å². The van der Waals surface area contributed by atoms with Crippen LogP contribution in [0.25, 0.3) is 0 Å². The minimum Gasteiger partial charge on any atom is -0.324 e. The minimum atomic E-state index is -0.184. The maximum Gasteiger partial charge on any atom is 0.126 e. The quantitative estimate of drug-likeness (QED) is 0.834. The van der Waals surface area contributed by atoms with Gasteiger partial charge in [-0.2, -0.15) is 0 Å². The van der Waals surface area contributed by atoms with E-state index in [4.69, 9.17) is 5.73 Å². The number of benzene rings is 2. The van der Waals surface area contributed by atoms with Crippen molar-refractivity contribution in [2.45, 2.75) is 30.5 Å². The Kier molecular flexibility index (Phi) is 4.61. The Bertz CT molecular complexity index is 552. The van der Waals surface area contributed by atoms with Crippen LogP contribution < -0.4 is 5.73 Å². The highest BCUT2D eigenvalue weighted by Crippen LogP contribution is 2.31. The van der Waals surface area contributed by atoms with Gasteiger partial charge in [0, 0.05) is 16.7 Å². The van der Waals surface area contributed by atoms with Crippen molar-refractivity contribution >= 4 is 11.8 Å². The molecule has 2 rings (SSSR count). The lowest BCUT2D eigenvalue weighted by atomic mass is 10.1. The number of hydrogen-bond acceptors (Lipinski definition) is 2. The number of nitrogens with two attached hydrogens (primary N) is 1. The molecule has 0 amide bonds. The largest absolute Gasteiger partial charge is 0.324 e. The third-order valence-electron chi connectivity index (χ3n) is 3.02. The molecule has 0 aliphatic rings. The Morgan fingerprint density at radius 3 is 2.53 bits per heavy atom. The molecule has 0 fully saturated rings. The summed E-state index contributed by atoms with van der Waals surface area (Å²) in [6.45, 7) is 3.67. The standard InChI is InChI=1S/C16H18FNS/c1-11-8-16(14(12(2)18)9-15(11)17)19-10-13-6-4-3-5-7-13/h3-9,12H,10,18H2,1-2H3/t12-/m1/s1. The summed E-state index contributed by atoms with van der Waals surface area (Å²) in [5.74, 6) is 0.683. The van der Waals surface area contributed by atoms with Gasteiger partial charge in [0.1, 0.15) is 5.82 Å². The summed E-state index contributed by atoms with van der Waals surface area (Å²) in [5.41, 5.74) is 8.72. The molecular weight excluding hydrogens is 257 g/mol. The fourth-order valence-electron chi connectivity index (χ4n) is 1.89. The highest BCUT2D eigenvalue weighted by atomic mass is 32.2. The normalized spacial score (nSPS) is 12.4. The zero-order chi connectivity index (χ0) is 13.8. The van der Waals surface area contributed by atoms with E-state index in [1.807, 2.05) is 31.2 Å². The van der Waals surface area contributed by atoms with Crippen LogP contribution in [-0.2, 0) is 5.75 Å². The Balaban J connectivity index is 2.22. The van der Waals surface area contributed by atoms with Crippen molar-refractivity contribution in [3.05, 3.63) is 65.0 Å². The molecule has 0 aromatic heterocycles. The number of thioether (sulfide) groups is 1. The third kappa shape index (κ3) is 3.58. The van der Waals surface area contributed by atoms with E-state index in [9.17, 15) is 4.39 Å². The van der Waals surface area contributed by atoms with Crippen LogP contribution in [-0.4, -0.2) is 0 Å². The molecule has 2 aromatic carbocycles. The summed E-state index contributed by atoms with van der Waals surface area (Å²) < 4.78 is 13.6. The van der Waals surface area contributed by atoms with Crippen LogP contribution in [0.1, 0.15) is 29.7 Å². The van der Waals surface area contributed by atoms with Crippen molar-refractivity contribution in [3.63, 3.8) is 0 Å². The first kappa shape index (κ1) is 14.1. The summed E-state index contributed by atoms with van der Waals surface area (Å²) in [6, 6.07) is 13.5. The van der Waals surface area contributed by atoms with E-state index in [-0.39, 0.29) is 11.9 Å². The van der Waals surface area contributed by atoms with Crippen LogP contribution in [0.3, 0.4) is 0 Å². The number of halogens is 1. The van der Waals surface area contributed by atoms with Gasteiger partial charge in [0.15, 0.2) is 0 Å². The zero-order valence-electron chi connectivity index (χ0n) is 11.2. The van der Waals surface area contributed by atoms with E-state index >= 15 is 0 Å². The van der Waals surface area contributed by atoms with Gasteiger partial charge < -0.3 is 5.73 Å². The summed E-state index contributed by atoms with van der Waals surface area (Å²) >= 11 is 1.70. The van der Waals surface area contributed by atoms with Crippen molar-refractivity contribution in [1.82, 2.24) is 0 Å². The second-order valence-electron chi connectivity index (χ2n) is 4.70. The SMILES string of the molecule is Cc1cc(SCc2ccccc2)c([C@@H](C)N)cc1F. The molecule has 0 heterocycles. The molecule has 0 saturated carbocycles. The molecule has 1 nitrogen and oxygen atoms in total. The van der Waals surface area contributed by atoms with E-state index in [2.05, 4.69) is 12.1 Å². The molecule has 0 spiro atoms. The Morgan fingerprint density at radius 1 is 1.21 bits per heavy atom. The number of hydrogen-bond donors (Lipinski definition) is 1. The maximum absolute atomic E-state index is 13.6. The second kappa shape index (κ2) is 6.22. The molecule has 2 N–H and O–H groups in total. The van der Waals surface area contributed by atoms with Gasteiger partial charge in [0.2, 0.25) is 0 Å². The average Bonchev–Trinajstić information content (AvgIpc) is 2.40. The summed E-state index contributed by atoms with van der Waals surface area (Å²) in [7, 11) is 0. The van der Waals surface area contributed by atoms with Crippen molar-refractivity contribution in [1.29, 1.82) is 0 Å². The lowest BCUT2D eigenvalue weighted by Crippen LogP contribution is -2.07. The predicted molar refractivity (Wildman–Crippen MR) is 79.7 cm³/mol. The Morgan fingerprint density at radius 2 is 1.89 bits per heavy atom. The topological polar surface area (TPSA) is 26.0 Å². The van der Waals surface area contributed by atoms with Crippen LogP contribution in [0, 0.1) is 12.7 Å². The van der Waals surface area contributed by atoms with Crippen molar-refractivity contribution in [2.75, 3.05) is 0 Å². The van der Waals surface area contributed by atoms with Gasteiger partial charge in [-0.3, -0.25) is 0 Å². The van der Waals surface area contributed by atoms with Gasteiger partial charge in [-0.15, -0.1) is 11.8 Å². The predicted octanol–water partition coefficient (Wildman–Crippen LogP) is 4.45. The highest BCUT2D eigenvalue weighted by molar-refractivity contribution is 7.98. The summed E-state index contributed by atoms with van der Waals surface area (Å²) in [5, 5.41) is 0. The van der Waals surface area contributed by atoms with Crippen LogP contribution in [0.5, 0.6) is 0 Å². The van der Waals surface area contributed by atoms with Gasteiger partial charge in [0.25, 0.3) is 0 Å². The lowest BCUT2D eigenvalue weighted by molar-refractivity contribution is 0.610. The zero-order valence-corrected chi connectivity index (χ0v) is 12.0. The van der Waals surface area contributed by atoms with Gasteiger partial charge >= 0.3 is 0 Å². The summed E-state index contributed by atoms with van der Waals surface area (Å²) in [6.07, 6.45) is 0. The number of aryl methyl sites for hydroxylation is 1. The number of rotatable bonds is 4. The van der Waals surface area contributed by atoms with E-state index in [1.54, 1.807) is 24.8 Å². The molecule has 0 aliphatic carbocycles. The van der Waals surface area contributed by atoms with Gasteiger partial charge in [-0.25, -0.2) is 4.39 Å². The van der Waals surface area contributed by atoms with Gasteiger partial charge in [-0.1, -0.05) is 30.3 Å². The van der Waals surface area contributed by atoms with Crippen molar-refractivity contribution < 1.29 is 4.39 Å². The molecular formula is C16H18FNS. The molecule has 3 heteroatoms. The molecule has 2 aromatic rings. The molecule has 0 aliphatic heterocycles. The monoisotopic (exact) mass is 275 g/mol. The van der Waals surface area contributed by atoms with Crippen LogP contribution in [0.2, 0.25) is 0 Å². The van der Waals surface area contributed by atoms with E-state index in [0.717, 1.165) is 16.2 Å². The van der Waals surface area contributed by atoms with Crippen LogP contribution in [0.4, 0.5) is 4.39 Å². The van der Waals surface area contributed by atoms with E-state index in [1.165, 1.54) is 5.56 Å². The van der Waals surface area contributed by atoms with Crippen LogP contribution >= 0.6 is 11.8 Å². The minimum absolute atomic E-state index is 0.159. The molecule has 1 atom stereocenters. The fraction of sp³-hybridized carbons (Fsp3) is 0.250. The smallest absolute Gasteiger partial charge is 0.126 e. The van der Waals surface area contributed by atoms with Gasteiger partial charge in [0.05, 0.1) is 0 Å². The third-order valence-corrected chi connectivity index (χ3v) is 4.16. The van der Waals surface area contributed by atoms with Crippen molar-refractivity contribution in [3.8, 4) is 0 Å². The lowest BCUT2D eigenvalue weighted by Gasteiger charge is -2.14. The first-order valence-corrected chi connectivity index (χ1v) is 7.29. The molecule has 0 saturated heterocycles. The highest BCUT2D eigenvalue weighted by Gasteiger charge is 2.11. The second-order valence-corrected chi connectivity index (χ2v) is 5.72. The van der Waals surface area contributed by atoms with E-state index in [0.29, 0.717) is 5.56 Å². The summed E-state index contributed by atoms with van der Waals surface area (Å²) in [4.78, 5) is 1.07. The maximum atomic E-state index is 13.6. The van der Waals surface area contributed by atoms with E-state index < -0.39 is 0 Å². The molecule has 0 unspecified atom stereocenters. The van der Waals surface area contributed by atoms with Crippen LogP contribution in [0.15, 0.2) is 47.4 Å². The molecule has 0 radical (unpaired) electrons. The molecule has 0 bridgehead atoms. The first-order valence-electron chi connectivity index (χ1n) is 6.30. The molecule has 100 valence electrons. The average molecular weight is 275 g/mol. The Labute approximate surface area is 118 Å².